The molecule has 30 heavy (non-hydrogen) atoms. The Balaban J connectivity index is 1.52. The number of likely N-dealkylation sites (N-methyl/N-ethyl adjacent to an activating group) is 1. The number of benzene rings is 1. The van der Waals surface area contributed by atoms with Crippen LogP contribution >= 0.6 is 0 Å². The summed E-state index contributed by atoms with van der Waals surface area (Å²) in [5, 5.41) is 10.8. The number of hydrogen-bond donors (Lipinski definition) is 0. The summed E-state index contributed by atoms with van der Waals surface area (Å²) >= 11 is 0. The zero-order valence-corrected chi connectivity index (χ0v) is 17.7. The van der Waals surface area contributed by atoms with Crippen molar-refractivity contribution in [2.45, 2.75) is 44.6 Å². The van der Waals surface area contributed by atoms with Crippen molar-refractivity contribution in [1.82, 2.24) is 29.8 Å². The Kier molecular flexibility index (Phi) is 4.77. The molecule has 7 nitrogen and oxygen atoms in total. The quantitative estimate of drug-likeness (QED) is 0.656. The van der Waals surface area contributed by atoms with Gasteiger partial charge in [0.15, 0.2) is 5.69 Å². The van der Waals surface area contributed by atoms with E-state index < -0.39 is 0 Å². The fraction of sp³-hybridized carbons (Fsp3) is 0.478. The number of pyridine rings is 1. The maximum absolute atomic E-state index is 13.7. The van der Waals surface area contributed by atoms with Gasteiger partial charge in [0.05, 0.1) is 16.9 Å². The van der Waals surface area contributed by atoms with Gasteiger partial charge in [-0.1, -0.05) is 36.6 Å². The largest absolute Gasteiger partial charge is 0.329 e. The Bertz CT molecular complexity index is 1080. The smallest absolute Gasteiger partial charge is 0.276 e. The van der Waals surface area contributed by atoms with Gasteiger partial charge in [-0.25, -0.2) is 4.68 Å². The average Bonchev–Trinajstić information content (AvgIpc) is 3.14. The van der Waals surface area contributed by atoms with Crippen LogP contribution in [0.1, 0.15) is 48.3 Å². The van der Waals surface area contributed by atoms with E-state index in [0.717, 1.165) is 54.6 Å². The van der Waals surface area contributed by atoms with Crippen LogP contribution in [-0.2, 0) is 0 Å². The summed E-state index contributed by atoms with van der Waals surface area (Å²) in [6.45, 7) is 4.54. The third-order valence-electron chi connectivity index (χ3n) is 6.85. The third kappa shape index (κ3) is 3.08. The average molecular weight is 405 g/mol. The molecule has 7 heteroatoms. The van der Waals surface area contributed by atoms with Gasteiger partial charge in [0.2, 0.25) is 0 Å². The number of nitrogens with zero attached hydrogens (tertiary/aromatic N) is 6. The van der Waals surface area contributed by atoms with Gasteiger partial charge in [0.25, 0.3) is 5.91 Å². The standard InChI is InChI=1S/C23H28N6O/c1-17-21(22(30)28-14-13-27(2)16-23(28)10-4-3-5-11-23)25-26-29(17)20-8-6-7-18-15-24-12-9-19(18)20/h6-9,12,15H,3-5,10-11,13-14,16H2,1-2H3. The van der Waals surface area contributed by atoms with Gasteiger partial charge < -0.3 is 9.80 Å². The number of carbonyl (C=O) groups excluding carboxylic acids is 1. The van der Waals surface area contributed by atoms with E-state index in [1.807, 2.05) is 37.4 Å². The Morgan fingerprint density at radius 1 is 1.10 bits per heavy atom. The van der Waals surface area contributed by atoms with Crippen LogP contribution in [0, 0.1) is 6.92 Å². The lowest BCUT2D eigenvalue weighted by Crippen LogP contribution is -2.64. The van der Waals surface area contributed by atoms with Crippen molar-refractivity contribution in [2.75, 3.05) is 26.7 Å². The minimum absolute atomic E-state index is 0.0238. The second-order valence-corrected chi connectivity index (χ2v) is 8.79. The molecule has 1 saturated heterocycles. The highest BCUT2D eigenvalue weighted by atomic mass is 16.2. The minimum atomic E-state index is -0.0658. The maximum Gasteiger partial charge on any atom is 0.276 e. The second kappa shape index (κ2) is 7.47. The summed E-state index contributed by atoms with van der Waals surface area (Å²) in [5.74, 6) is 0.0238. The van der Waals surface area contributed by atoms with Gasteiger partial charge >= 0.3 is 0 Å². The lowest BCUT2D eigenvalue weighted by Gasteiger charge is -2.52. The molecule has 1 saturated carbocycles. The molecule has 3 heterocycles. The van der Waals surface area contributed by atoms with Crippen molar-refractivity contribution in [3.63, 3.8) is 0 Å². The van der Waals surface area contributed by atoms with Crippen LogP contribution < -0.4 is 0 Å². The van der Waals surface area contributed by atoms with Gasteiger partial charge in [-0.3, -0.25) is 9.78 Å². The van der Waals surface area contributed by atoms with Crippen molar-refractivity contribution >= 4 is 16.7 Å². The summed E-state index contributed by atoms with van der Waals surface area (Å²) in [4.78, 5) is 22.4. The van der Waals surface area contributed by atoms with E-state index in [0.29, 0.717) is 5.69 Å². The molecular weight excluding hydrogens is 376 g/mol. The lowest BCUT2D eigenvalue weighted by molar-refractivity contribution is -0.00822. The molecule has 2 aliphatic rings. The van der Waals surface area contributed by atoms with Gasteiger partial charge in [0, 0.05) is 42.8 Å². The predicted octanol–water partition coefficient (Wildman–Crippen LogP) is 3.21. The molecule has 156 valence electrons. The Labute approximate surface area is 176 Å². The van der Waals surface area contributed by atoms with Crippen molar-refractivity contribution in [3.05, 3.63) is 48.0 Å². The van der Waals surface area contributed by atoms with Crippen molar-refractivity contribution in [1.29, 1.82) is 0 Å². The Morgan fingerprint density at radius 3 is 2.77 bits per heavy atom. The SMILES string of the molecule is Cc1c(C(=O)N2CCN(C)CC23CCCCC3)nnn1-c1cccc2cnccc12. The predicted molar refractivity (Wildman–Crippen MR) is 116 cm³/mol. The fourth-order valence-electron chi connectivity index (χ4n) is 5.30. The molecule has 0 bridgehead atoms. The van der Waals surface area contributed by atoms with E-state index in [1.165, 1.54) is 19.3 Å². The van der Waals surface area contributed by atoms with Gasteiger partial charge in [-0.05, 0) is 38.9 Å². The van der Waals surface area contributed by atoms with E-state index in [2.05, 4.69) is 32.1 Å². The van der Waals surface area contributed by atoms with Crippen molar-refractivity contribution in [3.8, 4) is 5.69 Å². The zero-order chi connectivity index (χ0) is 20.7. The molecule has 1 aliphatic heterocycles. The van der Waals surface area contributed by atoms with Crippen LogP contribution in [0.25, 0.3) is 16.5 Å². The molecule has 2 aromatic heterocycles. The third-order valence-corrected chi connectivity index (χ3v) is 6.85. The first-order valence-electron chi connectivity index (χ1n) is 10.8. The first-order valence-corrected chi connectivity index (χ1v) is 10.8. The van der Waals surface area contributed by atoms with Crippen LogP contribution in [0.5, 0.6) is 0 Å². The summed E-state index contributed by atoms with van der Waals surface area (Å²) < 4.78 is 1.79. The molecule has 1 aliphatic carbocycles. The minimum Gasteiger partial charge on any atom is -0.329 e. The normalized spacial score (nSPS) is 19.5. The number of hydrogen-bond acceptors (Lipinski definition) is 5. The van der Waals surface area contributed by atoms with Gasteiger partial charge in [0.1, 0.15) is 0 Å². The van der Waals surface area contributed by atoms with Crippen LogP contribution in [-0.4, -0.2) is 67.9 Å². The molecule has 0 unspecified atom stereocenters. The maximum atomic E-state index is 13.7. The van der Waals surface area contributed by atoms with E-state index >= 15 is 0 Å². The first-order chi connectivity index (χ1) is 14.6. The Hall–Kier alpha value is -2.80. The molecule has 0 atom stereocenters. The fourth-order valence-corrected chi connectivity index (χ4v) is 5.30. The van der Waals surface area contributed by atoms with E-state index in [1.54, 1.807) is 10.9 Å². The molecule has 1 spiro atoms. The van der Waals surface area contributed by atoms with E-state index in [9.17, 15) is 4.79 Å². The molecule has 0 radical (unpaired) electrons. The number of piperazine rings is 1. The summed E-state index contributed by atoms with van der Waals surface area (Å²) in [7, 11) is 2.16. The second-order valence-electron chi connectivity index (χ2n) is 8.79. The highest BCUT2D eigenvalue weighted by Gasteiger charge is 2.45. The number of carbonyl (C=O) groups is 1. The highest BCUT2D eigenvalue weighted by molar-refractivity contribution is 5.95. The van der Waals surface area contributed by atoms with Gasteiger partial charge in [-0.15, -0.1) is 5.10 Å². The number of rotatable bonds is 2. The van der Waals surface area contributed by atoms with Crippen molar-refractivity contribution in [2.24, 2.45) is 0 Å². The van der Waals surface area contributed by atoms with Crippen LogP contribution in [0.4, 0.5) is 0 Å². The number of fused-ring (bicyclic) bond motifs is 1. The van der Waals surface area contributed by atoms with Crippen molar-refractivity contribution < 1.29 is 4.79 Å². The lowest BCUT2D eigenvalue weighted by atomic mass is 9.78. The molecule has 0 N–H and O–H groups in total. The zero-order valence-electron chi connectivity index (χ0n) is 17.7. The summed E-state index contributed by atoms with van der Waals surface area (Å²) in [5.41, 5.74) is 2.11. The molecular formula is C23H28N6O. The highest BCUT2D eigenvalue weighted by Crippen LogP contribution is 2.37. The molecule has 5 rings (SSSR count). The Morgan fingerprint density at radius 2 is 1.93 bits per heavy atom. The molecule has 2 fully saturated rings. The summed E-state index contributed by atoms with van der Waals surface area (Å²) in [6.07, 6.45) is 9.41. The topological polar surface area (TPSA) is 67.2 Å². The monoisotopic (exact) mass is 404 g/mol. The van der Waals surface area contributed by atoms with Crippen LogP contribution in [0.3, 0.4) is 0 Å². The summed E-state index contributed by atoms with van der Waals surface area (Å²) in [6, 6.07) is 8.00. The van der Waals surface area contributed by atoms with Crippen LogP contribution in [0.2, 0.25) is 0 Å². The molecule has 1 amide bonds. The molecule has 1 aromatic carbocycles. The van der Waals surface area contributed by atoms with E-state index in [-0.39, 0.29) is 11.4 Å². The van der Waals surface area contributed by atoms with E-state index in [4.69, 9.17) is 0 Å². The van der Waals surface area contributed by atoms with Crippen LogP contribution in [0.15, 0.2) is 36.7 Å². The number of aromatic nitrogens is 4. The first kappa shape index (κ1) is 19.2. The van der Waals surface area contributed by atoms with Gasteiger partial charge in [-0.2, -0.15) is 0 Å². The molecule has 3 aromatic rings. The number of amides is 1.